The number of ether oxygens (including phenoxy) is 1. The highest BCUT2D eigenvalue weighted by Gasteiger charge is 2.24. The van der Waals surface area contributed by atoms with E-state index in [-0.39, 0.29) is 36.3 Å². The van der Waals surface area contributed by atoms with Crippen molar-refractivity contribution in [1.82, 2.24) is 25.4 Å². The number of aliphatic imine (C=N–C) groups is 1. The van der Waals surface area contributed by atoms with Crippen LogP contribution in [0.25, 0.3) is 0 Å². The lowest BCUT2D eigenvalue weighted by Gasteiger charge is -2.33. The first kappa shape index (κ1) is 22.6. The van der Waals surface area contributed by atoms with Crippen LogP contribution >= 0.6 is 35.6 Å². The summed E-state index contributed by atoms with van der Waals surface area (Å²) in [4.78, 5) is 10.7. The fourth-order valence-electron chi connectivity index (χ4n) is 3.18. The third kappa shape index (κ3) is 5.90. The van der Waals surface area contributed by atoms with Gasteiger partial charge in [-0.3, -0.25) is 10.1 Å². The van der Waals surface area contributed by atoms with Crippen LogP contribution in [0, 0.1) is 0 Å². The Kier molecular flexibility index (Phi) is 8.67. The Labute approximate surface area is 183 Å². The second-order valence-corrected chi connectivity index (χ2v) is 6.60. The van der Waals surface area contributed by atoms with Crippen LogP contribution < -0.4 is 10.1 Å². The molecule has 11 heteroatoms. The molecule has 28 heavy (non-hydrogen) atoms. The molecule has 154 valence electrons. The predicted molar refractivity (Wildman–Crippen MR) is 114 cm³/mol. The molecule has 0 saturated carbocycles. The van der Waals surface area contributed by atoms with Crippen molar-refractivity contribution in [3.63, 3.8) is 0 Å². The minimum atomic E-state index is -2.89. The summed E-state index contributed by atoms with van der Waals surface area (Å²) >= 11 is 5.99. The number of alkyl halides is 2. The number of likely N-dealkylation sites (tertiary alicyclic amines) is 1. The van der Waals surface area contributed by atoms with Crippen LogP contribution in [-0.2, 0) is 6.54 Å². The van der Waals surface area contributed by atoms with Gasteiger partial charge in [0.2, 0.25) is 0 Å². The summed E-state index contributed by atoms with van der Waals surface area (Å²) in [5, 5.41) is 10.5. The maximum absolute atomic E-state index is 12.6. The van der Waals surface area contributed by atoms with E-state index in [1.165, 1.54) is 18.5 Å². The van der Waals surface area contributed by atoms with Gasteiger partial charge < -0.3 is 15.0 Å². The number of H-pyrrole nitrogens is 1. The van der Waals surface area contributed by atoms with E-state index in [9.17, 15) is 8.78 Å². The number of nitrogens with zero attached hydrogens (tertiary/aromatic N) is 4. The van der Waals surface area contributed by atoms with Crippen molar-refractivity contribution in [3.8, 4) is 5.75 Å². The highest BCUT2D eigenvalue weighted by Crippen LogP contribution is 2.26. The lowest BCUT2D eigenvalue weighted by atomic mass is 9.96. The van der Waals surface area contributed by atoms with Gasteiger partial charge in [-0.15, -0.1) is 24.0 Å². The van der Waals surface area contributed by atoms with E-state index in [1.54, 1.807) is 13.1 Å². The molecule has 3 rings (SSSR count). The van der Waals surface area contributed by atoms with E-state index < -0.39 is 6.61 Å². The van der Waals surface area contributed by atoms with E-state index in [4.69, 9.17) is 11.6 Å². The van der Waals surface area contributed by atoms with E-state index in [0.717, 1.165) is 31.8 Å². The van der Waals surface area contributed by atoms with Crippen LogP contribution in [0.4, 0.5) is 8.78 Å². The molecule has 0 spiro atoms. The van der Waals surface area contributed by atoms with Crippen molar-refractivity contribution in [3.05, 3.63) is 40.9 Å². The molecule has 0 radical (unpaired) electrons. The predicted octanol–water partition coefficient (Wildman–Crippen LogP) is 3.63. The topological polar surface area (TPSA) is 78.4 Å². The quantitative estimate of drug-likeness (QED) is 0.353. The van der Waals surface area contributed by atoms with Gasteiger partial charge in [-0.05, 0) is 31.0 Å². The maximum atomic E-state index is 12.6. The first-order valence-electron chi connectivity index (χ1n) is 8.61. The zero-order valence-corrected chi connectivity index (χ0v) is 18.3. The molecule has 1 aromatic carbocycles. The SMILES string of the molecule is CN=C(NCc1cc(Cl)ccc1OC(F)F)N1CCC(c2ncn[nH]2)CC1.I. The van der Waals surface area contributed by atoms with Gasteiger partial charge in [0.15, 0.2) is 5.96 Å². The fraction of sp³-hybridized carbons (Fsp3) is 0.471. The molecule has 0 atom stereocenters. The van der Waals surface area contributed by atoms with Crippen molar-refractivity contribution in [1.29, 1.82) is 0 Å². The van der Waals surface area contributed by atoms with E-state index in [0.29, 0.717) is 22.5 Å². The lowest BCUT2D eigenvalue weighted by Crippen LogP contribution is -2.45. The molecule has 0 bridgehead atoms. The summed E-state index contributed by atoms with van der Waals surface area (Å²) in [5.41, 5.74) is 0.542. The Morgan fingerprint density at radius 1 is 1.43 bits per heavy atom. The molecule has 1 saturated heterocycles. The lowest BCUT2D eigenvalue weighted by molar-refractivity contribution is -0.0504. The van der Waals surface area contributed by atoms with Gasteiger partial charge in [0.1, 0.15) is 17.9 Å². The number of aromatic amines is 1. The first-order valence-corrected chi connectivity index (χ1v) is 8.98. The number of rotatable bonds is 5. The average Bonchev–Trinajstić information content (AvgIpc) is 3.19. The van der Waals surface area contributed by atoms with Crippen molar-refractivity contribution in [2.45, 2.75) is 31.9 Å². The molecule has 1 fully saturated rings. The van der Waals surface area contributed by atoms with Crippen LogP contribution in [-0.4, -0.2) is 52.8 Å². The molecule has 2 heterocycles. The molecule has 0 aliphatic carbocycles. The number of piperidine rings is 1. The van der Waals surface area contributed by atoms with Crippen LogP contribution in [0.1, 0.15) is 30.1 Å². The minimum Gasteiger partial charge on any atom is -0.434 e. The molecule has 1 aromatic heterocycles. The van der Waals surface area contributed by atoms with Gasteiger partial charge in [0.25, 0.3) is 0 Å². The van der Waals surface area contributed by atoms with Crippen LogP contribution in [0.5, 0.6) is 5.75 Å². The third-order valence-corrected chi connectivity index (χ3v) is 4.74. The molecule has 1 aliphatic heterocycles. The monoisotopic (exact) mass is 526 g/mol. The number of nitrogens with one attached hydrogen (secondary N) is 2. The standard InChI is InChI=1S/C17H21ClF2N6O.HI/c1-21-17(26-6-4-11(5-7-26)15-23-10-24-25-15)22-9-12-8-13(18)2-3-14(12)27-16(19)20;/h2-3,8,10-11,16H,4-7,9H2,1H3,(H,21,22)(H,23,24,25);1H. The maximum Gasteiger partial charge on any atom is 0.387 e. The van der Waals surface area contributed by atoms with Crippen LogP contribution in [0.2, 0.25) is 5.02 Å². The summed E-state index contributed by atoms with van der Waals surface area (Å²) in [6, 6.07) is 4.57. The smallest absolute Gasteiger partial charge is 0.387 e. The minimum absolute atomic E-state index is 0. The van der Waals surface area contributed by atoms with Crippen LogP contribution in [0.15, 0.2) is 29.5 Å². The largest absolute Gasteiger partial charge is 0.434 e. The zero-order valence-electron chi connectivity index (χ0n) is 15.2. The number of benzene rings is 1. The summed E-state index contributed by atoms with van der Waals surface area (Å²) in [7, 11) is 1.69. The van der Waals surface area contributed by atoms with Crippen molar-refractivity contribution < 1.29 is 13.5 Å². The second-order valence-electron chi connectivity index (χ2n) is 6.16. The summed E-state index contributed by atoms with van der Waals surface area (Å²) in [5.74, 6) is 2.06. The summed E-state index contributed by atoms with van der Waals surface area (Å²) < 4.78 is 29.7. The second kappa shape index (κ2) is 10.7. The number of aromatic nitrogens is 3. The van der Waals surface area contributed by atoms with Crippen molar-refractivity contribution in [2.75, 3.05) is 20.1 Å². The molecule has 0 amide bonds. The zero-order chi connectivity index (χ0) is 19.2. The average molecular weight is 527 g/mol. The number of hydrogen-bond donors (Lipinski definition) is 2. The van der Waals surface area contributed by atoms with Gasteiger partial charge in [-0.1, -0.05) is 11.6 Å². The van der Waals surface area contributed by atoms with E-state index in [2.05, 4.69) is 35.1 Å². The molecule has 7 nitrogen and oxygen atoms in total. The van der Waals surface area contributed by atoms with Crippen LogP contribution in [0.3, 0.4) is 0 Å². The molecule has 2 aromatic rings. The first-order chi connectivity index (χ1) is 13.1. The number of halogens is 4. The Morgan fingerprint density at radius 2 is 2.18 bits per heavy atom. The third-order valence-electron chi connectivity index (χ3n) is 4.50. The van der Waals surface area contributed by atoms with Gasteiger partial charge in [0.05, 0.1) is 0 Å². The van der Waals surface area contributed by atoms with Crippen molar-refractivity contribution >= 4 is 41.5 Å². The highest BCUT2D eigenvalue weighted by atomic mass is 127. The molecule has 1 aliphatic rings. The normalized spacial score (nSPS) is 15.5. The summed E-state index contributed by atoms with van der Waals surface area (Å²) in [6.07, 6.45) is 3.37. The highest BCUT2D eigenvalue weighted by molar-refractivity contribution is 14.0. The Hall–Kier alpha value is -1.69. The molecular formula is C17H22ClF2IN6O. The molecule has 2 N–H and O–H groups in total. The molecular weight excluding hydrogens is 505 g/mol. The van der Waals surface area contributed by atoms with Crippen molar-refractivity contribution in [2.24, 2.45) is 4.99 Å². The van der Waals surface area contributed by atoms with Gasteiger partial charge in [-0.2, -0.15) is 13.9 Å². The van der Waals surface area contributed by atoms with Gasteiger partial charge >= 0.3 is 6.61 Å². The Bertz CT molecular complexity index is 769. The molecule has 0 unspecified atom stereocenters. The Balaban J connectivity index is 0.00000280. The van der Waals surface area contributed by atoms with Gasteiger partial charge in [-0.25, -0.2) is 4.98 Å². The van der Waals surface area contributed by atoms with Gasteiger partial charge in [0, 0.05) is 43.2 Å². The Morgan fingerprint density at radius 3 is 2.79 bits per heavy atom. The number of guanidine groups is 1. The number of hydrogen-bond acceptors (Lipinski definition) is 4. The van der Waals surface area contributed by atoms with E-state index >= 15 is 0 Å². The summed E-state index contributed by atoms with van der Waals surface area (Å²) in [6.45, 7) is -1.00. The van der Waals surface area contributed by atoms with E-state index in [1.807, 2.05) is 0 Å². The fourth-order valence-corrected chi connectivity index (χ4v) is 3.37.